The van der Waals surface area contributed by atoms with Gasteiger partial charge in [-0.05, 0) is 5.56 Å². The highest BCUT2D eigenvalue weighted by Crippen LogP contribution is 2.15. The van der Waals surface area contributed by atoms with Gasteiger partial charge in [-0.15, -0.1) is 0 Å². The molecule has 0 aliphatic carbocycles. The molecule has 0 amide bonds. The molecule has 0 aromatic heterocycles. The quantitative estimate of drug-likeness (QED) is 0.540. The third kappa shape index (κ3) is 2.21. The highest BCUT2D eigenvalue weighted by Gasteiger charge is 2.23. The van der Waals surface area contributed by atoms with E-state index in [4.69, 9.17) is 10.6 Å². The molecule has 2 N–H and O–H groups in total. The molecule has 1 aromatic rings. The fourth-order valence-electron chi connectivity index (χ4n) is 0.952. The minimum atomic E-state index is -1.11. The van der Waals surface area contributed by atoms with Crippen LogP contribution >= 0.6 is 0 Å². The molecule has 0 heterocycles. The number of carboxylic acids is 1. The summed E-state index contributed by atoms with van der Waals surface area (Å²) in [5.74, 6) is -1.11. The van der Waals surface area contributed by atoms with Crippen molar-refractivity contribution in [1.82, 2.24) is 4.91 Å². The van der Waals surface area contributed by atoms with E-state index in [1.807, 2.05) is 0 Å². The second-order valence-corrected chi connectivity index (χ2v) is 2.37. The largest absolute Gasteiger partial charge is 0.479 e. The molecule has 13 heavy (non-hydrogen) atoms. The molecule has 0 fully saturated rings. The smallest absolute Gasteiger partial charge is 0.340 e. The lowest BCUT2D eigenvalue weighted by Crippen LogP contribution is -2.08. The summed E-state index contributed by atoms with van der Waals surface area (Å²) in [4.78, 5) is 13.4. The second-order valence-electron chi connectivity index (χ2n) is 2.37. The van der Waals surface area contributed by atoms with Crippen molar-refractivity contribution in [2.75, 3.05) is 0 Å². The maximum absolute atomic E-state index is 10.7. The van der Waals surface area contributed by atoms with Gasteiger partial charge in [0.2, 0.25) is 4.91 Å². The van der Waals surface area contributed by atoms with Crippen molar-refractivity contribution in [3.63, 3.8) is 0 Å². The van der Waals surface area contributed by atoms with Gasteiger partial charge in [-0.25, -0.2) is 4.79 Å². The number of carboxylic acid groups (broad SMARTS) is 1. The maximum atomic E-state index is 10.7. The molecule has 5 nitrogen and oxygen atoms in total. The summed E-state index contributed by atoms with van der Waals surface area (Å²) < 4.78 is 0. The Morgan fingerprint density at radius 2 is 2.08 bits per heavy atom. The van der Waals surface area contributed by atoms with Gasteiger partial charge in [-0.2, -0.15) is 0 Å². The number of hydrogen-bond donors (Lipinski definition) is 2. The monoisotopic (exact) mass is 178 g/mol. The number of hydrogen-bond acceptors (Lipinski definition) is 3. The molecule has 0 radical (unpaired) electrons. The van der Waals surface area contributed by atoms with Crippen LogP contribution in [0, 0.1) is 5.53 Å². The summed E-state index contributed by atoms with van der Waals surface area (Å²) in [6.07, 6.45) is 0. The third-order valence-corrected chi connectivity index (χ3v) is 1.52. The minimum Gasteiger partial charge on any atom is -0.479 e. The Labute approximate surface area is 74.3 Å². The van der Waals surface area contributed by atoms with Gasteiger partial charge in [0.05, 0.1) is 0 Å². The molecule has 66 valence electrons. The molecule has 0 aliphatic rings. The first kappa shape index (κ1) is 9.09. The van der Waals surface area contributed by atoms with E-state index in [1.165, 1.54) is 0 Å². The lowest BCUT2D eigenvalue weighted by atomic mass is 10.1. The summed E-state index contributed by atoms with van der Waals surface area (Å²) in [6, 6.07) is 7.40. The van der Waals surface area contributed by atoms with Gasteiger partial charge >= 0.3 is 5.97 Å². The molecular formula is C8H8N3O2+. The third-order valence-electron chi connectivity index (χ3n) is 1.52. The van der Waals surface area contributed by atoms with E-state index in [2.05, 4.69) is 10.0 Å². The van der Waals surface area contributed by atoms with E-state index in [9.17, 15) is 4.79 Å². The summed E-state index contributed by atoms with van der Waals surface area (Å²) in [6.45, 7) is 0. The first-order valence-corrected chi connectivity index (χ1v) is 3.60. The highest BCUT2D eigenvalue weighted by molar-refractivity contribution is 5.75. The van der Waals surface area contributed by atoms with Crippen molar-refractivity contribution in [3.05, 3.63) is 35.9 Å². The molecule has 0 bridgehead atoms. The van der Waals surface area contributed by atoms with Crippen LogP contribution in [-0.2, 0) is 4.79 Å². The SMILES string of the molecule is N=[N+]=NC(C(=O)O)c1ccccc1. The van der Waals surface area contributed by atoms with Crippen LogP contribution in [0.15, 0.2) is 35.4 Å². The molecule has 0 saturated carbocycles. The van der Waals surface area contributed by atoms with Crippen LogP contribution in [0.3, 0.4) is 0 Å². The number of carbonyl (C=O) groups is 1. The second kappa shape index (κ2) is 4.13. The maximum Gasteiger partial charge on any atom is 0.340 e. The molecule has 1 aromatic carbocycles. The van der Waals surface area contributed by atoms with Crippen LogP contribution in [0.1, 0.15) is 11.6 Å². The Kier molecular flexibility index (Phi) is 2.89. The zero-order valence-corrected chi connectivity index (χ0v) is 6.71. The van der Waals surface area contributed by atoms with Crippen LogP contribution in [0.25, 0.3) is 0 Å². The lowest BCUT2D eigenvalue weighted by Gasteiger charge is -1.99. The van der Waals surface area contributed by atoms with Crippen LogP contribution in [0.5, 0.6) is 0 Å². The van der Waals surface area contributed by atoms with E-state index in [1.54, 1.807) is 30.3 Å². The topological polar surface area (TPSA) is 87.6 Å². The molecule has 0 saturated heterocycles. The minimum absolute atomic E-state index is 0.519. The standard InChI is InChI=1S/C8H7N3O2/c9-11-10-7(8(12)13)6-4-2-1-3-5-6/h1-5,7,9H/p+1. The average molecular weight is 178 g/mol. The predicted molar refractivity (Wildman–Crippen MR) is 44.1 cm³/mol. The van der Waals surface area contributed by atoms with E-state index in [0.717, 1.165) is 0 Å². The molecule has 1 rings (SSSR count). The molecule has 1 atom stereocenters. The van der Waals surface area contributed by atoms with E-state index in [-0.39, 0.29) is 0 Å². The Morgan fingerprint density at radius 1 is 1.46 bits per heavy atom. The summed E-state index contributed by atoms with van der Waals surface area (Å²) in [7, 11) is 0. The van der Waals surface area contributed by atoms with Crippen molar-refractivity contribution in [2.45, 2.75) is 6.04 Å². The summed E-state index contributed by atoms with van der Waals surface area (Å²) in [5.41, 5.74) is 6.99. The van der Waals surface area contributed by atoms with Crippen LogP contribution in [-0.4, -0.2) is 11.1 Å². The van der Waals surface area contributed by atoms with E-state index in [0.29, 0.717) is 5.56 Å². The number of benzene rings is 1. The fraction of sp³-hybridized carbons (Fsp3) is 0.125. The van der Waals surface area contributed by atoms with Gasteiger partial charge in [0.1, 0.15) is 10.6 Å². The zero-order chi connectivity index (χ0) is 9.68. The number of aliphatic carboxylic acids is 1. The van der Waals surface area contributed by atoms with E-state index >= 15 is 0 Å². The van der Waals surface area contributed by atoms with Crippen LogP contribution in [0.4, 0.5) is 0 Å². The van der Waals surface area contributed by atoms with E-state index < -0.39 is 12.0 Å². The Morgan fingerprint density at radius 3 is 2.54 bits per heavy atom. The van der Waals surface area contributed by atoms with Gasteiger partial charge in [0.25, 0.3) is 6.04 Å². The van der Waals surface area contributed by atoms with Gasteiger partial charge in [0.15, 0.2) is 0 Å². The number of nitrogens with zero attached hydrogens (tertiary/aromatic N) is 2. The first-order chi connectivity index (χ1) is 6.25. The zero-order valence-electron chi connectivity index (χ0n) is 6.71. The molecule has 0 spiro atoms. The predicted octanol–water partition coefficient (Wildman–Crippen LogP) is 1.36. The highest BCUT2D eigenvalue weighted by atomic mass is 16.4. The summed E-state index contributed by atoms with van der Waals surface area (Å²) in [5, 5.41) is 12.0. The van der Waals surface area contributed by atoms with Gasteiger partial charge in [-0.3, -0.25) is 0 Å². The van der Waals surface area contributed by atoms with Crippen molar-refractivity contribution in [3.8, 4) is 0 Å². The number of rotatable bonds is 3. The normalized spacial score (nSPS) is 11.4. The molecule has 5 heteroatoms. The van der Waals surface area contributed by atoms with Gasteiger partial charge in [-0.1, -0.05) is 30.3 Å². The molecule has 0 aliphatic heterocycles. The fourth-order valence-corrected chi connectivity index (χ4v) is 0.952. The van der Waals surface area contributed by atoms with Crippen LogP contribution < -0.4 is 4.91 Å². The van der Waals surface area contributed by atoms with Crippen LogP contribution in [0.2, 0.25) is 0 Å². The average Bonchev–Trinajstić information content (AvgIpc) is 2.15. The summed E-state index contributed by atoms with van der Waals surface area (Å²) >= 11 is 0. The van der Waals surface area contributed by atoms with Crippen molar-refractivity contribution in [1.29, 1.82) is 5.53 Å². The van der Waals surface area contributed by atoms with Gasteiger partial charge < -0.3 is 5.11 Å². The molecular weight excluding hydrogens is 170 g/mol. The Bertz CT molecular complexity index is 342. The Balaban J connectivity index is 3.02. The first-order valence-electron chi connectivity index (χ1n) is 3.60. The van der Waals surface area contributed by atoms with Crippen molar-refractivity contribution in [2.24, 2.45) is 5.11 Å². The van der Waals surface area contributed by atoms with Crippen molar-refractivity contribution >= 4 is 5.97 Å². The number of nitrogens with one attached hydrogen (secondary N) is 1. The van der Waals surface area contributed by atoms with Crippen molar-refractivity contribution < 1.29 is 9.90 Å². The Hall–Kier alpha value is -2.00. The van der Waals surface area contributed by atoms with Gasteiger partial charge in [0, 0.05) is 0 Å². The molecule has 1 unspecified atom stereocenters. The lowest BCUT2D eigenvalue weighted by molar-refractivity contribution is -0.138.